The molecule has 5 heteroatoms. The summed E-state index contributed by atoms with van der Waals surface area (Å²) in [5, 5.41) is 7.59. The Morgan fingerprint density at radius 3 is 2.56 bits per heavy atom. The second-order valence-corrected chi connectivity index (χ2v) is 4.43. The van der Waals surface area contributed by atoms with Crippen molar-refractivity contribution in [2.24, 2.45) is 7.05 Å². The average molecular weight is 225 g/mol. The molecule has 0 spiro atoms. The predicted octanol–water partition coefficient (Wildman–Crippen LogP) is 0.781. The minimum atomic E-state index is 0.359. The first-order chi connectivity index (χ1) is 7.49. The van der Waals surface area contributed by atoms with Crippen molar-refractivity contribution in [3.63, 3.8) is 0 Å². The van der Waals surface area contributed by atoms with Gasteiger partial charge in [-0.15, -0.1) is 0 Å². The molecule has 16 heavy (non-hydrogen) atoms. The van der Waals surface area contributed by atoms with Gasteiger partial charge in [0, 0.05) is 27.2 Å². The van der Waals surface area contributed by atoms with Gasteiger partial charge in [-0.1, -0.05) is 13.8 Å². The van der Waals surface area contributed by atoms with Crippen LogP contribution in [0.5, 0.6) is 0 Å². The molecule has 0 saturated heterocycles. The van der Waals surface area contributed by atoms with E-state index in [1.165, 1.54) is 0 Å². The molecule has 0 atom stereocenters. The van der Waals surface area contributed by atoms with Gasteiger partial charge in [-0.3, -0.25) is 4.68 Å². The van der Waals surface area contributed by atoms with Gasteiger partial charge < -0.3 is 16.0 Å². The van der Waals surface area contributed by atoms with Gasteiger partial charge in [-0.2, -0.15) is 5.10 Å². The molecule has 0 amide bonds. The van der Waals surface area contributed by atoms with Crippen LogP contribution in [0.2, 0.25) is 0 Å². The molecule has 3 N–H and O–H groups in total. The summed E-state index contributed by atoms with van der Waals surface area (Å²) < 4.78 is 1.86. The highest BCUT2D eigenvalue weighted by molar-refractivity contribution is 5.66. The summed E-state index contributed by atoms with van der Waals surface area (Å²) in [5.41, 5.74) is 7.91. The van der Waals surface area contributed by atoms with Gasteiger partial charge in [0.2, 0.25) is 0 Å². The van der Waals surface area contributed by atoms with E-state index in [0.29, 0.717) is 5.92 Å². The number of rotatable bonds is 5. The number of hydrogen-bond donors (Lipinski definition) is 2. The summed E-state index contributed by atoms with van der Waals surface area (Å²) in [6.45, 7) is 6.06. The molecule has 0 aliphatic carbocycles. The van der Waals surface area contributed by atoms with E-state index in [-0.39, 0.29) is 0 Å². The normalized spacial score (nSPS) is 11.1. The lowest BCUT2D eigenvalue weighted by Gasteiger charge is -2.19. The van der Waals surface area contributed by atoms with Gasteiger partial charge in [0.1, 0.15) is 5.82 Å². The van der Waals surface area contributed by atoms with Gasteiger partial charge in [-0.25, -0.2) is 0 Å². The molecule has 0 radical (unpaired) electrons. The second kappa shape index (κ2) is 5.21. The number of aromatic nitrogens is 2. The van der Waals surface area contributed by atoms with Crippen LogP contribution in [0, 0.1) is 0 Å². The minimum absolute atomic E-state index is 0.359. The third-order valence-corrected chi connectivity index (χ3v) is 2.69. The van der Waals surface area contributed by atoms with Crippen LogP contribution in [0.4, 0.5) is 11.5 Å². The maximum absolute atomic E-state index is 6.13. The van der Waals surface area contributed by atoms with Gasteiger partial charge >= 0.3 is 0 Å². The highest BCUT2D eigenvalue weighted by atomic mass is 15.4. The Morgan fingerprint density at radius 1 is 1.50 bits per heavy atom. The molecule has 0 aliphatic rings. The summed E-state index contributed by atoms with van der Waals surface area (Å²) in [7, 11) is 5.92. The Hall–Kier alpha value is -1.23. The average Bonchev–Trinajstić information content (AvgIpc) is 2.51. The largest absolute Gasteiger partial charge is 0.394 e. The third kappa shape index (κ3) is 2.47. The molecule has 1 aromatic rings. The van der Waals surface area contributed by atoms with Crippen molar-refractivity contribution in [2.45, 2.75) is 19.8 Å². The number of nitrogens with one attached hydrogen (secondary N) is 1. The van der Waals surface area contributed by atoms with Crippen LogP contribution in [0.15, 0.2) is 0 Å². The zero-order valence-corrected chi connectivity index (χ0v) is 10.9. The van der Waals surface area contributed by atoms with Crippen molar-refractivity contribution in [3.8, 4) is 0 Å². The summed E-state index contributed by atoms with van der Waals surface area (Å²) in [5.74, 6) is 1.36. The van der Waals surface area contributed by atoms with E-state index >= 15 is 0 Å². The lowest BCUT2D eigenvalue weighted by Crippen LogP contribution is -2.29. The van der Waals surface area contributed by atoms with Gasteiger partial charge in [0.15, 0.2) is 0 Å². The van der Waals surface area contributed by atoms with E-state index in [4.69, 9.17) is 5.73 Å². The molecular weight excluding hydrogens is 202 g/mol. The first-order valence-corrected chi connectivity index (χ1v) is 5.67. The number of anilines is 2. The molecular formula is C11H23N5. The van der Waals surface area contributed by atoms with E-state index < -0.39 is 0 Å². The molecule has 92 valence electrons. The van der Waals surface area contributed by atoms with E-state index in [2.05, 4.69) is 29.2 Å². The summed E-state index contributed by atoms with van der Waals surface area (Å²) in [6.07, 6.45) is 0. The van der Waals surface area contributed by atoms with Crippen molar-refractivity contribution in [3.05, 3.63) is 5.69 Å². The molecule has 0 saturated carbocycles. The molecule has 5 nitrogen and oxygen atoms in total. The Kier molecular flexibility index (Phi) is 4.18. The van der Waals surface area contributed by atoms with E-state index in [1.54, 1.807) is 0 Å². The maximum atomic E-state index is 6.13. The van der Waals surface area contributed by atoms with Crippen molar-refractivity contribution >= 4 is 11.5 Å². The Labute approximate surface area is 97.6 Å². The number of hydrogen-bond acceptors (Lipinski definition) is 4. The fourth-order valence-corrected chi connectivity index (χ4v) is 1.82. The topological polar surface area (TPSA) is 59.1 Å². The van der Waals surface area contributed by atoms with Crippen LogP contribution < -0.4 is 16.0 Å². The van der Waals surface area contributed by atoms with Crippen LogP contribution in [0.25, 0.3) is 0 Å². The minimum Gasteiger partial charge on any atom is -0.394 e. The van der Waals surface area contributed by atoms with E-state index in [0.717, 1.165) is 30.3 Å². The summed E-state index contributed by atoms with van der Waals surface area (Å²) in [6, 6.07) is 0. The standard InChI is InChI=1S/C11H23N5/c1-8(2)10-9(12)11(16(5)14-10)15(4)7-6-13-3/h8,13H,6-7,12H2,1-5H3. The zero-order chi connectivity index (χ0) is 12.3. The number of nitrogens with zero attached hydrogens (tertiary/aromatic N) is 3. The van der Waals surface area contributed by atoms with Crippen LogP contribution in [0.1, 0.15) is 25.5 Å². The van der Waals surface area contributed by atoms with E-state index in [1.807, 2.05) is 25.8 Å². The zero-order valence-electron chi connectivity index (χ0n) is 10.9. The molecule has 0 bridgehead atoms. The molecule has 0 unspecified atom stereocenters. The van der Waals surface area contributed by atoms with Crippen LogP contribution in [0.3, 0.4) is 0 Å². The van der Waals surface area contributed by atoms with Crippen molar-refractivity contribution < 1.29 is 0 Å². The lowest BCUT2D eigenvalue weighted by molar-refractivity contribution is 0.688. The molecule has 0 aliphatic heterocycles. The third-order valence-electron chi connectivity index (χ3n) is 2.69. The number of aryl methyl sites for hydroxylation is 1. The predicted molar refractivity (Wildman–Crippen MR) is 68.9 cm³/mol. The smallest absolute Gasteiger partial charge is 0.150 e. The van der Waals surface area contributed by atoms with Crippen molar-refractivity contribution in [1.82, 2.24) is 15.1 Å². The monoisotopic (exact) mass is 225 g/mol. The highest BCUT2D eigenvalue weighted by Crippen LogP contribution is 2.29. The first kappa shape index (κ1) is 12.8. The Balaban J connectivity index is 2.95. The number of nitrogen functional groups attached to an aromatic ring is 1. The SMILES string of the molecule is CNCCN(C)c1c(N)c(C(C)C)nn1C. The Morgan fingerprint density at radius 2 is 2.12 bits per heavy atom. The Bertz CT molecular complexity index is 342. The molecule has 1 heterocycles. The van der Waals surface area contributed by atoms with Gasteiger partial charge in [0.25, 0.3) is 0 Å². The molecule has 1 rings (SSSR count). The van der Waals surface area contributed by atoms with Crippen molar-refractivity contribution in [2.75, 3.05) is 37.8 Å². The number of likely N-dealkylation sites (N-methyl/N-ethyl adjacent to an activating group) is 2. The van der Waals surface area contributed by atoms with Crippen LogP contribution in [-0.4, -0.2) is 37.0 Å². The van der Waals surface area contributed by atoms with Gasteiger partial charge in [-0.05, 0) is 13.0 Å². The maximum Gasteiger partial charge on any atom is 0.150 e. The highest BCUT2D eigenvalue weighted by Gasteiger charge is 2.18. The summed E-state index contributed by atoms with van der Waals surface area (Å²) >= 11 is 0. The van der Waals surface area contributed by atoms with Gasteiger partial charge in [0.05, 0.1) is 11.4 Å². The fraction of sp³-hybridized carbons (Fsp3) is 0.727. The van der Waals surface area contributed by atoms with E-state index in [9.17, 15) is 0 Å². The quantitative estimate of drug-likeness (QED) is 0.777. The molecule has 0 aromatic carbocycles. The van der Waals surface area contributed by atoms with Crippen LogP contribution >= 0.6 is 0 Å². The fourth-order valence-electron chi connectivity index (χ4n) is 1.82. The molecule has 1 aromatic heterocycles. The molecule has 0 fully saturated rings. The first-order valence-electron chi connectivity index (χ1n) is 5.67. The summed E-state index contributed by atoms with van der Waals surface area (Å²) in [4.78, 5) is 2.13. The van der Waals surface area contributed by atoms with Crippen LogP contribution in [-0.2, 0) is 7.05 Å². The number of nitrogens with two attached hydrogens (primary N) is 1. The second-order valence-electron chi connectivity index (χ2n) is 4.43. The lowest BCUT2D eigenvalue weighted by atomic mass is 10.1. The van der Waals surface area contributed by atoms with Crippen molar-refractivity contribution in [1.29, 1.82) is 0 Å².